The Hall–Kier alpha value is -2.48. The maximum Gasteiger partial charge on any atom is 0.573 e. The molecule has 3 rings (SSSR count). The monoisotopic (exact) mass is 458 g/mol. The number of rotatable bonds is 8. The predicted octanol–water partition coefficient (Wildman–Crippen LogP) is 7.49. The van der Waals surface area contributed by atoms with Crippen molar-refractivity contribution in [3.05, 3.63) is 77.6 Å². The average Bonchev–Trinajstić information content (AvgIpc) is 2.75. The lowest BCUT2D eigenvalue weighted by atomic mass is 9.79. The molecule has 0 radical (unpaired) electrons. The second-order valence-electron chi connectivity index (χ2n) is 7.90. The maximum absolute atomic E-state index is 14.4. The fourth-order valence-electron chi connectivity index (χ4n) is 3.93. The fourth-order valence-corrected chi connectivity index (χ4v) is 3.93. The Morgan fingerprint density at radius 1 is 0.938 bits per heavy atom. The van der Waals surface area contributed by atoms with Gasteiger partial charge in [-0.3, -0.25) is 0 Å². The maximum atomic E-state index is 14.4. The zero-order valence-electron chi connectivity index (χ0n) is 17.3. The zero-order chi connectivity index (χ0) is 23.4. The molecule has 1 saturated carbocycles. The molecule has 0 heterocycles. The standard InChI is InChI=1S/C24H24F6O2/c1-2-16-3-6-18(7-4-16)19-8-10-20(11-9-19)23(26,27)31-14-13-17-5-12-22(21(25)15-17)32-24(28,29)30/h2,5,8-12,15-16,18H,1,3-4,6-7,13-14H2/t16-,18-. The van der Waals surface area contributed by atoms with Gasteiger partial charge in [0.15, 0.2) is 11.6 Å². The molecule has 174 valence electrons. The smallest absolute Gasteiger partial charge is 0.403 e. The van der Waals surface area contributed by atoms with E-state index in [-0.39, 0.29) is 17.5 Å². The summed E-state index contributed by atoms with van der Waals surface area (Å²) in [5, 5.41) is 0. The molecule has 0 aromatic heterocycles. The molecular weight excluding hydrogens is 434 g/mol. The second kappa shape index (κ2) is 9.98. The highest BCUT2D eigenvalue weighted by Crippen LogP contribution is 2.37. The first-order valence-corrected chi connectivity index (χ1v) is 10.4. The molecule has 1 aliphatic carbocycles. The van der Waals surface area contributed by atoms with Crippen LogP contribution < -0.4 is 4.74 Å². The predicted molar refractivity (Wildman–Crippen MR) is 108 cm³/mol. The molecule has 2 nitrogen and oxygen atoms in total. The van der Waals surface area contributed by atoms with E-state index in [0.29, 0.717) is 11.8 Å². The van der Waals surface area contributed by atoms with Crippen LogP contribution in [0, 0.1) is 11.7 Å². The Kier molecular flexibility index (Phi) is 7.54. The summed E-state index contributed by atoms with van der Waals surface area (Å²) in [5.74, 6) is -1.35. The highest BCUT2D eigenvalue weighted by Gasteiger charge is 2.34. The molecule has 1 aliphatic rings. The van der Waals surface area contributed by atoms with Crippen LogP contribution >= 0.6 is 0 Å². The van der Waals surface area contributed by atoms with Crippen molar-refractivity contribution in [3.63, 3.8) is 0 Å². The van der Waals surface area contributed by atoms with E-state index in [1.807, 2.05) is 6.08 Å². The van der Waals surface area contributed by atoms with Crippen LogP contribution in [0.3, 0.4) is 0 Å². The van der Waals surface area contributed by atoms with E-state index in [1.54, 1.807) is 12.1 Å². The number of alkyl halides is 5. The van der Waals surface area contributed by atoms with Gasteiger partial charge in [0.2, 0.25) is 0 Å². The number of halogens is 6. The van der Waals surface area contributed by atoms with Gasteiger partial charge < -0.3 is 9.47 Å². The molecule has 0 spiro atoms. The molecule has 0 amide bonds. The lowest BCUT2D eigenvalue weighted by molar-refractivity contribution is -0.275. The van der Waals surface area contributed by atoms with Crippen LogP contribution in [0.25, 0.3) is 0 Å². The van der Waals surface area contributed by atoms with E-state index in [2.05, 4.69) is 11.3 Å². The third-order valence-electron chi connectivity index (χ3n) is 5.72. The SMILES string of the molecule is C=C[C@H]1CC[C@H](c2ccc(C(F)(F)OCCc3ccc(OC(F)(F)F)c(F)c3)cc2)CC1. The molecule has 32 heavy (non-hydrogen) atoms. The number of allylic oxidation sites excluding steroid dienone is 1. The van der Waals surface area contributed by atoms with Crippen LogP contribution in [0.2, 0.25) is 0 Å². The molecule has 2 aromatic rings. The van der Waals surface area contributed by atoms with E-state index >= 15 is 0 Å². The summed E-state index contributed by atoms with van der Waals surface area (Å²) >= 11 is 0. The Balaban J connectivity index is 1.54. The van der Waals surface area contributed by atoms with Gasteiger partial charge in [0.1, 0.15) is 0 Å². The van der Waals surface area contributed by atoms with Crippen molar-refractivity contribution in [3.8, 4) is 5.75 Å². The van der Waals surface area contributed by atoms with E-state index in [9.17, 15) is 26.3 Å². The van der Waals surface area contributed by atoms with Crippen LogP contribution in [0.5, 0.6) is 5.75 Å². The number of benzene rings is 2. The summed E-state index contributed by atoms with van der Waals surface area (Å²) in [7, 11) is 0. The molecule has 0 saturated heterocycles. The van der Waals surface area contributed by atoms with Crippen molar-refractivity contribution in [2.24, 2.45) is 5.92 Å². The van der Waals surface area contributed by atoms with E-state index in [1.165, 1.54) is 18.2 Å². The minimum atomic E-state index is -5.02. The lowest BCUT2D eigenvalue weighted by Gasteiger charge is -2.27. The summed E-state index contributed by atoms with van der Waals surface area (Å²) in [6.45, 7) is 3.38. The Bertz CT molecular complexity index is 900. The first-order chi connectivity index (χ1) is 15.1. The van der Waals surface area contributed by atoms with Gasteiger partial charge in [0.05, 0.1) is 12.2 Å². The Morgan fingerprint density at radius 2 is 1.59 bits per heavy atom. The van der Waals surface area contributed by atoms with Gasteiger partial charge >= 0.3 is 12.5 Å². The van der Waals surface area contributed by atoms with Crippen molar-refractivity contribution in [2.75, 3.05) is 6.61 Å². The summed E-state index contributed by atoms with van der Waals surface area (Å²) < 4.78 is 87.3. The van der Waals surface area contributed by atoms with Crippen LogP contribution in [-0.2, 0) is 17.3 Å². The minimum Gasteiger partial charge on any atom is -0.403 e. The third kappa shape index (κ3) is 6.51. The summed E-state index contributed by atoms with van der Waals surface area (Å²) in [6, 6.07) is 8.85. The summed E-state index contributed by atoms with van der Waals surface area (Å²) in [5.41, 5.74) is 0.933. The quantitative estimate of drug-likeness (QED) is 0.301. The number of hydrogen-bond donors (Lipinski definition) is 0. The van der Waals surface area contributed by atoms with Gasteiger partial charge in [0.25, 0.3) is 0 Å². The average molecular weight is 458 g/mol. The van der Waals surface area contributed by atoms with E-state index in [0.717, 1.165) is 43.4 Å². The van der Waals surface area contributed by atoms with Gasteiger partial charge in [-0.05, 0) is 67.2 Å². The van der Waals surface area contributed by atoms with Gasteiger partial charge in [-0.15, -0.1) is 19.8 Å². The van der Waals surface area contributed by atoms with E-state index in [4.69, 9.17) is 4.74 Å². The Morgan fingerprint density at radius 3 is 2.16 bits per heavy atom. The minimum absolute atomic E-state index is 0.108. The molecule has 8 heteroatoms. The molecule has 0 unspecified atom stereocenters. The van der Waals surface area contributed by atoms with Crippen LogP contribution in [0.4, 0.5) is 26.3 Å². The molecule has 0 bridgehead atoms. The molecule has 0 aliphatic heterocycles. The molecule has 2 aromatic carbocycles. The van der Waals surface area contributed by atoms with Crippen LogP contribution in [-0.4, -0.2) is 13.0 Å². The van der Waals surface area contributed by atoms with Crippen molar-refractivity contribution in [1.82, 2.24) is 0 Å². The largest absolute Gasteiger partial charge is 0.573 e. The third-order valence-corrected chi connectivity index (χ3v) is 5.72. The zero-order valence-corrected chi connectivity index (χ0v) is 17.3. The Labute approximate surface area is 182 Å². The van der Waals surface area contributed by atoms with Gasteiger partial charge in [-0.2, -0.15) is 8.78 Å². The molecule has 0 N–H and O–H groups in total. The lowest BCUT2D eigenvalue weighted by Crippen LogP contribution is -2.20. The molecule has 0 atom stereocenters. The van der Waals surface area contributed by atoms with Crippen molar-refractivity contribution >= 4 is 0 Å². The van der Waals surface area contributed by atoms with Gasteiger partial charge in [-0.1, -0.05) is 36.4 Å². The summed E-state index contributed by atoms with van der Waals surface area (Å²) in [4.78, 5) is 0. The summed E-state index contributed by atoms with van der Waals surface area (Å²) in [6.07, 6.45) is -2.64. The van der Waals surface area contributed by atoms with E-state index < -0.39 is 30.6 Å². The number of ether oxygens (including phenoxy) is 2. The fraction of sp³-hybridized carbons (Fsp3) is 0.417. The van der Waals surface area contributed by atoms with Crippen molar-refractivity contribution in [1.29, 1.82) is 0 Å². The number of hydrogen-bond acceptors (Lipinski definition) is 2. The van der Waals surface area contributed by atoms with Gasteiger partial charge in [0, 0.05) is 0 Å². The molecule has 1 fully saturated rings. The normalized spacial score (nSPS) is 19.6. The second-order valence-corrected chi connectivity index (χ2v) is 7.90. The van der Waals surface area contributed by atoms with Crippen LogP contribution in [0.1, 0.15) is 48.3 Å². The van der Waals surface area contributed by atoms with Gasteiger partial charge in [-0.25, -0.2) is 4.39 Å². The molecular formula is C24H24F6O2. The van der Waals surface area contributed by atoms with Crippen molar-refractivity contribution in [2.45, 2.75) is 50.5 Å². The highest BCUT2D eigenvalue weighted by atomic mass is 19.4. The van der Waals surface area contributed by atoms with Crippen molar-refractivity contribution < 1.29 is 35.8 Å². The highest BCUT2D eigenvalue weighted by molar-refractivity contribution is 5.30. The first-order valence-electron chi connectivity index (χ1n) is 10.4. The first kappa shape index (κ1) is 24.2. The van der Waals surface area contributed by atoms with Crippen LogP contribution in [0.15, 0.2) is 55.1 Å². The topological polar surface area (TPSA) is 18.5 Å².